The molecule has 0 aliphatic carbocycles. The van der Waals surface area contributed by atoms with Gasteiger partial charge in [0.2, 0.25) is 5.89 Å². The minimum absolute atomic E-state index is 0.123. The maximum absolute atomic E-state index is 12.0. The Labute approximate surface area is 133 Å². The lowest BCUT2D eigenvalue weighted by Gasteiger charge is -2.06. The van der Waals surface area contributed by atoms with E-state index in [-0.39, 0.29) is 5.91 Å². The summed E-state index contributed by atoms with van der Waals surface area (Å²) in [4.78, 5) is 12.0. The summed E-state index contributed by atoms with van der Waals surface area (Å²) >= 11 is 1.39. The van der Waals surface area contributed by atoms with E-state index in [1.165, 1.54) is 11.8 Å². The number of carbonyl (C=O) groups excluding carboxylic acids is 1. The van der Waals surface area contributed by atoms with Gasteiger partial charge in [0.15, 0.2) is 0 Å². The number of nitrogens with zero attached hydrogens (tertiary/aromatic N) is 2. The topological polar surface area (TPSA) is 77.2 Å². The van der Waals surface area contributed by atoms with Crippen LogP contribution in [0.15, 0.2) is 33.9 Å². The Kier molecular flexibility index (Phi) is 6.42. The molecule has 7 heteroatoms. The van der Waals surface area contributed by atoms with Gasteiger partial charge >= 0.3 is 0 Å². The van der Waals surface area contributed by atoms with Crippen LogP contribution in [0.4, 0.5) is 0 Å². The first-order chi connectivity index (χ1) is 10.7. The van der Waals surface area contributed by atoms with Crippen molar-refractivity contribution in [3.05, 3.63) is 29.8 Å². The highest BCUT2D eigenvalue weighted by molar-refractivity contribution is 7.98. The lowest BCUT2D eigenvalue weighted by molar-refractivity contribution is 0.0915. The Morgan fingerprint density at radius 2 is 2.05 bits per heavy atom. The first-order valence-electron chi connectivity index (χ1n) is 7.08. The van der Waals surface area contributed by atoms with Crippen LogP contribution >= 0.6 is 11.8 Å². The number of rotatable bonds is 8. The van der Waals surface area contributed by atoms with Gasteiger partial charge in [-0.1, -0.05) is 18.7 Å². The normalized spacial score (nSPS) is 10.6. The number of ether oxygens (including phenoxy) is 1. The van der Waals surface area contributed by atoms with Crippen LogP contribution in [0.5, 0.6) is 0 Å². The highest BCUT2D eigenvalue weighted by Crippen LogP contribution is 2.21. The van der Waals surface area contributed by atoms with Gasteiger partial charge < -0.3 is 14.5 Å². The van der Waals surface area contributed by atoms with Gasteiger partial charge in [0.25, 0.3) is 11.1 Å². The molecule has 2 rings (SSSR count). The molecule has 22 heavy (non-hydrogen) atoms. The lowest BCUT2D eigenvalue weighted by Crippen LogP contribution is -2.27. The summed E-state index contributed by atoms with van der Waals surface area (Å²) in [6.45, 7) is 3.79. The molecule has 2 aromatic rings. The number of benzene rings is 1. The van der Waals surface area contributed by atoms with Gasteiger partial charge in [0.05, 0.1) is 6.61 Å². The summed E-state index contributed by atoms with van der Waals surface area (Å²) in [6, 6.07) is 7.06. The molecule has 1 N–H and O–H groups in total. The molecule has 1 aromatic carbocycles. The number of carbonyl (C=O) groups is 1. The van der Waals surface area contributed by atoms with Crippen molar-refractivity contribution in [3.8, 4) is 11.5 Å². The average molecular weight is 321 g/mol. The van der Waals surface area contributed by atoms with Crippen molar-refractivity contribution in [1.82, 2.24) is 15.5 Å². The standard InChI is InChI=1S/C15H19N3O3S/c1-3-9-20-10-8-16-13(19)11-4-6-12(7-5-11)14-17-18-15(21-14)22-2/h4-7H,3,8-10H2,1-2H3,(H,16,19). The number of thioether (sulfide) groups is 1. The predicted molar refractivity (Wildman–Crippen MR) is 85.0 cm³/mol. The SMILES string of the molecule is CCCOCCNC(=O)c1ccc(-c2nnc(SC)o2)cc1. The fourth-order valence-corrected chi connectivity index (χ4v) is 2.04. The van der Waals surface area contributed by atoms with E-state index in [1.54, 1.807) is 24.3 Å². The van der Waals surface area contributed by atoms with Crippen LogP contribution in [-0.2, 0) is 4.74 Å². The molecule has 0 unspecified atom stereocenters. The zero-order valence-corrected chi connectivity index (χ0v) is 13.5. The number of nitrogens with one attached hydrogen (secondary N) is 1. The van der Waals surface area contributed by atoms with Crippen molar-refractivity contribution in [2.45, 2.75) is 18.6 Å². The Bertz CT molecular complexity index is 598. The minimum atomic E-state index is -0.123. The van der Waals surface area contributed by atoms with Crippen molar-refractivity contribution in [2.24, 2.45) is 0 Å². The smallest absolute Gasteiger partial charge is 0.276 e. The molecule has 1 heterocycles. The van der Waals surface area contributed by atoms with E-state index < -0.39 is 0 Å². The highest BCUT2D eigenvalue weighted by Gasteiger charge is 2.09. The summed E-state index contributed by atoms with van der Waals surface area (Å²) in [5.41, 5.74) is 1.37. The van der Waals surface area contributed by atoms with Crippen molar-refractivity contribution < 1.29 is 13.9 Å². The van der Waals surface area contributed by atoms with Gasteiger partial charge in [0, 0.05) is 24.3 Å². The van der Waals surface area contributed by atoms with E-state index in [0.717, 1.165) is 12.0 Å². The highest BCUT2D eigenvalue weighted by atomic mass is 32.2. The maximum atomic E-state index is 12.0. The van der Waals surface area contributed by atoms with Crippen molar-refractivity contribution >= 4 is 17.7 Å². The second-order valence-electron chi connectivity index (χ2n) is 4.52. The molecule has 0 spiro atoms. The first kappa shape index (κ1) is 16.5. The average Bonchev–Trinajstić information content (AvgIpc) is 3.04. The Hall–Kier alpha value is -1.86. The summed E-state index contributed by atoms with van der Waals surface area (Å²) in [5, 5.41) is 11.2. The largest absolute Gasteiger partial charge is 0.411 e. The quantitative estimate of drug-likeness (QED) is 0.595. The molecule has 6 nitrogen and oxygen atoms in total. The third kappa shape index (κ3) is 4.57. The number of hydrogen-bond acceptors (Lipinski definition) is 6. The van der Waals surface area contributed by atoms with E-state index in [4.69, 9.17) is 9.15 Å². The Morgan fingerprint density at radius 3 is 2.68 bits per heavy atom. The van der Waals surface area contributed by atoms with E-state index in [0.29, 0.717) is 36.4 Å². The van der Waals surface area contributed by atoms with E-state index >= 15 is 0 Å². The summed E-state index contributed by atoms with van der Waals surface area (Å²) in [5.74, 6) is 0.325. The molecular weight excluding hydrogens is 302 g/mol. The van der Waals surface area contributed by atoms with Gasteiger partial charge in [-0.3, -0.25) is 4.79 Å². The second kappa shape index (κ2) is 8.55. The van der Waals surface area contributed by atoms with Crippen LogP contribution in [-0.4, -0.2) is 42.1 Å². The van der Waals surface area contributed by atoms with Gasteiger partial charge in [-0.05, 0) is 36.9 Å². The van der Waals surface area contributed by atoms with Crippen LogP contribution in [0.2, 0.25) is 0 Å². The monoisotopic (exact) mass is 321 g/mol. The zero-order valence-electron chi connectivity index (χ0n) is 12.7. The third-order valence-electron chi connectivity index (χ3n) is 2.86. The third-order valence-corrected chi connectivity index (χ3v) is 3.37. The van der Waals surface area contributed by atoms with Crippen LogP contribution in [0.25, 0.3) is 11.5 Å². The molecule has 0 saturated carbocycles. The summed E-state index contributed by atoms with van der Waals surface area (Å²) < 4.78 is 10.8. The predicted octanol–water partition coefficient (Wildman–Crippen LogP) is 2.61. The second-order valence-corrected chi connectivity index (χ2v) is 5.28. The van der Waals surface area contributed by atoms with Crippen LogP contribution < -0.4 is 5.32 Å². The molecule has 1 amide bonds. The molecule has 0 fully saturated rings. The molecule has 0 saturated heterocycles. The number of amides is 1. The van der Waals surface area contributed by atoms with Crippen molar-refractivity contribution in [3.63, 3.8) is 0 Å². The Balaban J connectivity index is 1.89. The van der Waals surface area contributed by atoms with Crippen LogP contribution in [0, 0.1) is 0 Å². The van der Waals surface area contributed by atoms with E-state index in [2.05, 4.69) is 15.5 Å². The first-order valence-corrected chi connectivity index (χ1v) is 8.31. The van der Waals surface area contributed by atoms with Gasteiger partial charge in [-0.15, -0.1) is 10.2 Å². The van der Waals surface area contributed by atoms with Crippen molar-refractivity contribution in [1.29, 1.82) is 0 Å². The molecular formula is C15H19N3O3S. The fourth-order valence-electron chi connectivity index (χ4n) is 1.76. The minimum Gasteiger partial charge on any atom is -0.411 e. The number of aromatic nitrogens is 2. The zero-order chi connectivity index (χ0) is 15.8. The molecule has 0 aliphatic heterocycles. The van der Waals surface area contributed by atoms with E-state index in [1.807, 2.05) is 13.2 Å². The summed E-state index contributed by atoms with van der Waals surface area (Å²) in [7, 11) is 0. The Morgan fingerprint density at radius 1 is 1.27 bits per heavy atom. The molecule has 0 atom stereocenters. The molecule has 0 bridgehead atoms. The number of hydrogen-bond donors (Lipinski definition) is 1. The lowest BCUT2D eigenvalue weighted by atomic mass is 10.1. The molecule has 0 radical (unpaired) electrons. The van der Waals surface area contributed by atoms with Crippen molar-refractivity contribution in [2.75, 3.05) is 26.0 Å². The fraction of sp³-hybridized carbons (Fsp3) is 0.400. The van der Waals surface area contributed by atoms with Gasteiger partial charge in [0.1, 0.15) is 0 Å². The summed E-state index contributed by atoms with van der Waals surface area (Å²) in [6.07, 6.45) is 2.85. The maximum Gasteiger partial charge on any atom is 0.276 e. The van der Waals surface area contributed by atoms with Gasteiger partial charge in [-0.25, -0.2) is 0 Å². The molecule has 0 aliphatic rings. The van der Waals surface area contributed by atoms with Crippen LogP contribution in [0.1, 0.15) is 23.7 Å². The molecule has 1 aromatic heterocycles. The molecule has 118 valence electrons. The van der Waals surface area contributed by atoms with Gasteiger partial charge in [-0.2, -0.15) is 0 Å². The van der Waals surface area contributed by atoms with E-state index in [9.17, 15) is 4.79 Å². The van der Waals surface area contributed by atoms with Crippen LogP contribution in [0.3, 0.4) is 0 Å².